The molecule has 0 bridgehead atoms. The van der Waals surface area contributed by atoms with Crippen LogP contribution in [0.4, 0.5) is 0 Å². The van der Waals surface area contributed by atoms with Crippen molar-refractivity contribution < 1.29 is 18.6 Å². The van der Waals surface area contributed by atoms with E-state index in [-0.39, 0.29) is 10.1 Å². The fraction of sp³-hybridized carbons (Fsp3) is 0.700. The molecule has 2 rings (SSSR count). The van der Waals surface area contributed by atoms with Crippen molar-refractivity contribution in [3.8, 4) is 0 Å². The lowest BCUT2D eigenvalue weighted by Crippen LogP contribution is -2.45. The summed E-state index contributed by atoms with van der Waals surface area (Å²) >= 11 is 0. The predicted octanol–water partition coefficient (Wildman–Crippen LogP) is 6.69. The van der Waals surface area contributed by atoms with Gasteiger partial charge in [0.15, 0.2) is 16.6 Å². The van der Waals surface area contributed by atoms with Crippen molar-refractivity contribution in [3.63, 3.8) is 0 Å². The maximum absolute atomic E-state index is 6.46. The van der Waals surface area contributed by atoms with Gasteiger partial charge in [-0.15, -0.1) is 0 Å². The molecule has 2 atom stereocenters. The highest BCUT2D eigenvalue weighted by Crippen LogP contribution is 2.46. The van der Waals surface area contributed by atoms with Crippen LogP contribution in [0.15, 0.2) is 24.3 Å². The Kier molecular flexibility index (Phi) is 5.99. The predicted molar refractivity (Wildman–Crippen MR) is 111 cm³/mol. The second-order valence-corrected chi connectivity index (χ2v) is 19.8. The standard InChI is InChI=1S/C20H36O4Si2/c1-19(2,3)25(7,8)23-17-15-13-11-12-14-16(15)18(22-21-17)24-26(9,10)20(4,5)6/h11-14,17-18H,1-10H3. The summed E-state index contributed by atoms with van der Waals surface area (Å²) in [5.74, 6) is 0. The van der Waals surface area contributed by atoms with E-state index in [4.69, 9.17) is 18.6 Å². The van der Waals surface area contributed by atoms with E-state index in [0.29, 0.717) is 0 Å². The molecule has 1 aromatic rings. The number of rotatable bonds is 4. The molecular formula is C20H36O4Si2. The molecule has 2 unspecified atom stereocenters. The summed E-state index contributed by atoms with van der Waals surface area (Å²) in [6.45, 7) is 22.2. The zero-order chi connectivity index (χ0) is 20.0. The lowest BCUT2D eigenvalue weighted by atomic mass is 10.1. The summed E-state index contributed by atoms with van der Waals surface area (Å²) in [6, 6.07) is 8.13. The van der Waals surface area contributed by atoms with Gasteiger partial charge in [0.1, 0.15) is 0 Å². The third-order valence-corrected chi connectivity index (χ3v) is 15.0. The van der Waals surface area contributed by atoms with Crippen LogP contribution >= 0.6 is 0 Å². The van der Waals surface area contributed by atoms with Crippen molar-refractivity contribution >= 4 is 16.6 Å². The molecule has 0 spiro atoms. The van der Waals surface area contributed by atoms with E-state index in [0.717, 1.165) is 11.1 Å². The molecule has 4 nitrogen and oxygen atoms in total. The normalized spacial score (nSPS) is 22.2. The van der Waals surface area contributed by atoms with Gasteiger partial charge in [0.25, 0.3) is 0 Å². The van der Waals surface area contributed by atoms with Gasteiger partial charge in [-0.1, -0.05) is 65.8 Å². The van der Waals surface area contributed by atoms with Crippen LogP contribution in [0.25, 0.3) is 0 Å². The SMILES string of the molecule is CC(C)(C)[Si](C)(C)OC1OOC(O[Si](C)(C)C(C)(C)C)c2ccccc21. The summed E-state index contributed by atoms with van der Waals surface area (Å²) in [7, 11) is -3.99. The van der Waals surface area contributed by atoms with Crippen molar-refractivity contribution in [2.24, 2.45) is 0 Å². The minimum absolute atomic E-state index is 0.0970. The minimum Gasteiger partial charge on any atom is -0.387 e. The molecule has 148 valence electrons. The molecule has 1 heterocycles. The molecule has 26 heavy (non-hydrogen) atoms. The summed E-state index contributed by atoms with van der Waals surface area (Å²) in [5, 5.41) is 0.194. The summed E-state index contributed by atoms with van der Waals surface area (Å²) in [4.78, 5) is 11.4. The fourth-order valence-corrected chi connectivity index (χ4v) is 4.31. The van der Waals surface area contributed by atoms with E-state index >= 15 is 0 Å². The average molecular weight is 397 g/mol. The molecule has 1 aliphatic rings. The number of hydrogen-bond donors (Lipinski definition) is 0. The van der Waals surface area contributed by atoms with Gasteiger partial charge in [0, 0.05) is 11.1 Å². The zero-order valence-electron chi connectivity index (χ0n) is 18.1. The third-order valence-electron chi connectivity index (χ3n) is 6.15. The van der Waals surface area contributed by atoms with E-state index in [9.17, 15) is 0 Å². The van der Waals surface area contributed by atoms with Crippen LogP contribution in [-0.2, 0) is 18.6 Å². The largest absolute Gasteiger partial charge is 0.387 e. The van der Waals surface area contributed by atoms with Crippen LogP contribution < -0.4 is 0 Å². The van der Waals surface area contributed by atoms with E-state index in [1.165, 1.54) is 0 Å². The lowest BCUT2D eigenvalue weighted by Gasteiger charge is -2.43. The van der Waals surface area contributed by atoms with Gasteiger partial charge in [0.2, 0.25) is 12.6 Å². The van der Waals surface area contributed by atoms with Gasteiger partial charge < -0.3 is 8.85 Å². The molecule has 1 aromatic carbocycles. The Bertz CT molecular complexity index is 574. The molecule has 0 aromatic heterocycles. The van der Waals surface area contributed by atoms with Gasteiger partial charge in [-0.25, -0.2) is 0 Å². The summed E-state index contributed by atoms with van der Waals surface area (Å²) in [6.07, 6.45) is -1.02. The first-order valence-corrected chi connectivity index (χ1v) is 15.2. The monoisotopic (exact) mass is 396 g/mol. The Labute approximate surface area is 161 Å². The fourth-order valence-electron chi connectivity index (χ4n) is 2.20. The Morgan fingerprint density at radius 2 is 1.00 bits per heavy atom. The first kappa shape index (κ1) is 21.8. The van der Waals surface area contributed by atoms with Gasteiger partial charge in [-0.05, 0) is 36.3 Å². The van der Waals surface area contributed by atoms with E-state index in [1.54, 1.807) is 0 Å². The Morgan fingerprint density at radius 3 is 1.27 bits per heavy atom. The third kappa shape index (κ3) is 4.48. The van der Waals surface area contributed by atoms with Gasteiger partial charge >= 0.3 is 0 Å². The second-order valence-electron chi connectivity index (χ2n) is 10.2. The quantitative estimate of drug-likeness (QED) is 0.419. The molecule has 0 saturated heterocycles. The van der Waals surface area contributed by atoms with Crippen molar-refractivity contribution in [2.45, 2.75) is 90.4 Å². The highest BCUT2D eigenvalue weighted by molar-refractivity contribution is 6.74. The van der Waals surface area contributed by atoms with Crippen LogP contribution in [0.3, 0.4) is 0 Å². The molecule has 0 N–H and O–H groups in total. The summed E-state index contributed by atoms with van der Waals surface area (Å²) < 4.78 is 12.9. The second kappa shape index (κ2) is 7.15. The lowest BCUT2D eigenvalue weighted by molar-refractivity contribution is -0.435. The Balaban J connectivity index is 2.29. The molecule has 0 aliphatic carbocycles. The first-order chi connectivity index (χ1) is 11.7. The average Bonchev–Trinajstić information content (AvgIpc) is 2.47. The number of hydrogen-bond acceptors (Lipinski definition) is 4. The van der Waals surface area contributed by atoms with Crippen LogP contribution in [-0.4, -0.2) is 16.6 Å². The number of fused-ring (bicyclic) bond motifs is 1. The maximum Gasteiger partial charge on any atom is 0.209 e. The van der Waals surface area contributed by atoms with Crippen LogP contribution in [0, 0.1) is 0 Å². The molecule has 0 saturated carbocycles. The van der Waals surface area contributed by atoms with E-state index in [1.807, 2.05) is 12.1 Å². The Hall–Kier alpha value is -0.506. The van der Waals surface area contributed by atoms with Crippen LogP contribution in [0.2, 0.25) is 36.3 Å². The van der Waals surface area contributed by atoms with Gasteiger partial charge in [-0.2, -0.15) is 9.78 Å². The first-order valence-electron chi connectivity index (χ1n) is 9.42. The molecular weight excluding hydrogens is 360 g/mol. The minimum atomic E-state index is -2.00. The highest BCUT2D eigenvalue weighted by atomic mass is 28.4. The summed E-state index contributed by atoms with van der Waals surface area (Å²) in [5.41, 5.74) is 2.01. The van der Waals surface area contributed by atoms with E-state index in [2.05, 4.69) is 79.9 Å². The maximum atomic E-state index is 6.46. The smallest absolute Gasteiger partial charge is 0.209 e. The van der Waals surface area contributed by atoms with Crippen LogP contribution in [0.1, 0.15) is 65.2 Å². The molecule has 0 fully saturated rings. The van der Waals surface area contributed by atoms with Crippen molar-refractivity contribution in [1.29, 1.82) is 0 Å². The van der Waals surface area contributed by atoms with Crippen molar-refractivity contribution in [1.82, 2.24) is 0 Å². The van der Waals surface area contributed by atoms with Crippen molar-refractivity contribution in [2.75, 3.05) is 0 Å². The topological polar surface area (TPSA) is 36.9 Å². The van der Waals surface area contributed by atoms with E-state index < -0.39 is 29.2 Å². The van der Waals surface area contributed by atoms with Crippen molar-refractivity contribution in [3.05, 3.63) is 35.4 Å². The molecule has 1 aliphatic heterocycles. The van der Waals surface area contributed by atoms with Gasteiger partial charge in [0.05, 0.1) is 0 Å². The van der Waals surface area contributed by atoms with Gasteiger partial charge in [-0.3, -0.25) is 0 Å². The number of benzene rings is 1. The highest BCUT2D eigenvalue weighted by Gasteiger charge is 2.45. The molecule has 0 amide bonds. The Morgan fingerprint density at radius 1 is 0.692 bits per heavy atom. The van der Waals surface area contributed by atoms with Crippen LogP contribution in [0.5, 0.6) is 0 Å². The molecule has 0 radical (unpaired) electrons. The zero-order valence-corrected chi connectivity index (χ0v) is 20.1. The molecule has 6 heteroatoms.